The van der Waals surface area contributed by atoms with E-state index in [1.165, 1.54) is 5.56 Å². The normalized spacial score (nSPS) is 15.3. The molecule has 3 aromatic heterocycles. The summed E-state index contributed by atoms with van der Waals surface area (Å²) in [6, 6.07) is 6.10. The van der Waals surface area contributed by atoms with Gasteiger partial charge >= 0.3 is 0 Å². The van der Waals surface area contributed by atoms with E-state index in [1.54, 1.807) is 6.33 Å². The molecule has 1 aliphatic rings. The summed E-state index contributed by atoms with van der Waals surface area (Å²) in [5.74, 6) is 1.96. The van der Waals surface area contributed by atoms with Gasteiger partial charge in [0.2, 0.25) is 5.95 Å². The first kappa shape index (κ1) is 13.9. The lowest BCUT2D eigenvalue weighted by molar-refractivity contribution is 0.631. The van der Waals surface area contributed by atoms with Gasteiger partial charge in [-0.1, -0.05) is 13.0 Å². The van der Waals surface area contributed by atoms with Crippen LogP contribution in [0.2, 0.25) is 0 Å². The topological polar surface area (TPSA) is 62.5 Å². The number of anilines is 2. The average Bonchev–Trinajstić information content (AvgIpc) is 3.11. The van der Waals surface area contributed by atoms with Crippen molar-refractivity contribution in [1.82, 2.24) is 24.6 Å². The number of fused-ring (bicyclic) bond motifs is 1. The molecule has 1 aliphatic heterocycles. The predicted molar refractivity (Wildman–Crippen MR) is 88.8 cm³/mol. The van der Waals surface area contributed by atoms with Crippen LogP contribution < -0.4 is 9.80 Å². The zero-order valence-corrected chi connectivity index (χ0v) is 13.1. The van der Waals surface area contributed by atoms with Gasteiger partial charge in [-0.3, -0.25) is 4.40 Å². The second-order valence-corrected chi connectivity index (χ2v) is 5.66. The Bertz CT molecular complexity index is 788. The number of aryl methyl sites for hydroxylation is 1. The van der Waals surface area contributed by atoms with Crippen molar-refractivity contribution in [1.29, 1.82) is 0 Å². The fourth-order valence-electron chi connectivity index (χ4n) is 2.92. The maximum Gasteiger partial charge on any atom is 0.225 e. The molecule has 0 amide bonds. The molecule has 7 heteroatoms. The van der Waals surface area contributed by atoms with Crippen molar-refractivity contribution in [3.63, 3.8) is 0 Å². The fourth-order valence-corrected chi connectivity index (χ4v) is 2.92. The predicted octanol–water partition coefficient (Wildman–Crippen LogP) is 1.41. The van der Waals surface area contributed by atoms with Crippen LogP contribution in [0.15, 0.2) is 36.9 Å². The highest BCUT2D eigenvalue weighted by molar-refractivity contribution is 5.51. The summed E-state index contributed by atoms with van der Waals surface area (Å²) in [5, 5.41) is 8.10. The van der Waals surface area contributed by atoms with Gasteiger partial charge in [-0.15, -0.1) is 10.2 Å². The second-order valence-electron chi connectivity index (χ2n) is 5.66. The number of hydrogen-bond acceptors (Lipinski definition) is 6. The number of pyridine rings is 1. The highest BCUT2D eigenvalue weighted by Crippen LogP contribution is 2.19. The van der Waals surface area contributed by atoms with Crippen molar-refractivity contribution in [2.24, 2.45) is 0 Å². The highest BCUT2D eigenvalue weighted by atomic mass is 15.4. The molecule has 0 atom stereocenters. The number of rotatable bonds is 3. The molecule has 1 fully saturated rings. The molecular weight excluding hydrogens is 290 g/mol. The minimum Gasteiger partial charge on any atom is -0.354 e. The van der Waals surface area contributed by atoms with Gasteiger partial charge < -0.3 is 9.80 Å². The van der Waals surface area contributed by atoms with E-state index < -0.39 is 0 Å². The molecule has 118 valence electrons. The lowest BCUT2D eigenvalue weighted by Crippen LogP contribution is -2.47. The molecule has 1 saturated heterocycles. The van der Waals surface area contributed by atoms with Gasteiger partial charge in [0.1, 0.15) is 12.1 Å². The van der Waals surface area contributed by atoms with Gasteiger partial charge in [-0.25, -0.2) is 9.97 Å². The van der Waals surface area contributed by atoms with Crippen LogP contribution in [0.5, 0.6) is 0 Å². The molecular formula is C16H19N7. The monoisotopic (exact) mass is 309 g/mol. The first-order chi connectivity index (χ1) is 11.3. The van der Waals surface area contributed by atoms with Crippen LogP contribution in [0, 0.1) is 0 Å². The Kier molecular flexibility index (Phi) is 3.53. The Balaban J connectivity index is 1.49. The van der Waals surface area contributed by atoms with E-state index in [0.29, 0.717) is 0 Å². The Morgan fingerprint density at radius 1 is 1.00 bits per heavy atom. The van der Waals surface area contributed by atoms with Crippen molar-refractivity contribution >= 4 is 17.4 Å². The van der Waals surface area contributed by atoms with Gasteiger partial charge in [0.25, 0.3) is 0 Å². The molecule has 0 spiro atoms. The minimum atomic E-state index is 0.823. The molecule has 0 bridgehead atoms. The number of aromatic nitrogens is 5. The summed E-state index contributed by atoms with van der Waals surface area (Å²) in [6.07, 6.45) is 6.58. The summed E-state index contributed by atoms with van der Waals surface area (Å²) in [7, 11) is 0. The van der Waals surface area contributed by atoms with Crippen LogP contribution in [-0.4, -0.2) is 50.7 Å². The van der Waals surface area contributed by atoms with Crippen LogP contribution in [0.4, 0.5) is 11.8 Å². The summed E-state index contributed by atoms with van der Waals surface area (Å²) >= 11 is 0. The maximum absolute atomic E-state index is 4.48. The van der Waals surface area contributed by atoms with E-state index in [-0.39, 0.29) is 0 Å². The maximum atomic E-state index is 4.48. The minimum absolute atomic E-state index is 0.823. The van der Waals surface area contributed by atoms with Crippen molar-refractivity contribution in [2.45, 2.75) is 13.3 Å². The van der Waals surface area contributed by atoms with Gasteiger partial charge in [0.15, 0.2) is 5.65 Å². The molecule has 0 unspecified atom stereocenters. The number of nitrogens with zero attached hydrogens (tertiary/aromatic N) is 7. The van der Waals surface area contributed by atoms with Crippen molar-refractivity contribution in [2.75, 3.05) is 36.0 Å². The standard InChI is InChI=1S/C16H19N7/c1-2-13-10-17-16(18-11-13)22-8-6-21(7-9-22)15-5-3-4-14-20-19-12-23(14)15/h3-5,10-12H,2,6-9H2,1H3. The van der Waals surface area contributed by atoms with Crippen molar-refractivity contribution < 1.29 is 0 Å². The quantitative estimate of drug-likeness (QED) is 0.729. The molecule has 0 aromatic carbocycles. The first-order valence-corrected chi connectivity index (χ1v) is 7.94. The summed E-state index contributed by atoms with van der Waals surface area (Å²) in [5.41, 5.74) is 2.05. The second kappa shape index (κ2) is 5.83. The van der Waals surface area contributed by atoms with Gasteiger partial charge in [-0.2, -0.15) is 0 Å². The molecule has 0 radical (unpaired) electrons. The molecule has 4 heterocycles. The van der Waals surface area contributed by atoms with E-state index in [1.807, 2.05) is 28.9 Å². The molecule has 23 heavy (non-hydrogen) atoms. The SMILES string of the molecule is CCc1cnc(N2CCN(c3cccc4nncn34)CC2)nc1. The van der Waals surface area contributed by atoms with Gasteiger partial charge in [0.05, 0.1) is 0 Å². The third kappa shape index (κ3) is 2.58. The Hall–Kier alpha value is -2.70. The van der Waals surface area contributed by atoms with Crippen LogP contribution in [0.25, 0.3) is 5.65 Å². The van der Waals surface area contributed by atoms with Crippen molar-refractivity contribution in [3.8, 4) is 0 Å². The molecule has 0 aliphatic carbocycles. The van der Waals surface area contributed by atoms with Crippen LogP contribution >= 0.6 is 0 Å². The number of piperazine rings is 1. The molecule has 0 N–H and O–H groups in total. The molecule has 7 nitrogen and oxygen atoms in total. The third-order valence-electron chi connectivity index (χ3n) is 4.30. The van der Waals surface area contributed by atoms with E-state index in [2.05, 4.69) is 43.0 Å². The summed E-state index contributed by atoms with van der Waals surface area (Å²) in [6.45, 7) is 5.78. The fraction of sp³-hybridized carbons (Fsp3) is 0.375. The zero-order valence-electron chi connectivity index (χ0n) is 13.1. The summed E-state index contributed by atoms with van der Waals surface area (Å²) < 4.78 is 2.03. The Morgan fingerprint density at radius 3 is 2.48 bits per heavy atom. The van der Waals surface area contributed by atoms with Gasteiger partial charge in [0, 0.05) is 38.6 Å². The van der Waals surface area contributed by atoms with E-state index in [4.69, 9.17) is 0 Å². The smallest absolute Gasteiger partial charge is 0.225 e. The van der Waals surface area contributed by atoms with Crippen LogP contribution in [-0.2, 0) is 6.42 Å². The van der Waals surface area contributed by atoms with E-state index >= 15 is 0 Å². The first-order valence-electron chi connectivity index (χ1n) is 7.94. The van der Waals surface area contributed by atoms with E-state index in [0.717, 1.165) is 50.0 Å². The lowest BCUT2D eigenvalue weighted by atomic mass is 10.3. The zero-order chi connectivity index (χ0) is 15.6. The number of hydrogen-bond donors (Lipinski definition) is 0. The van der Waals surface area contributed by atoms with E-state index in [9.17, 15) is 0 Å². The molecule has 0 saturated carbocycles. The summed E-state index contributed by atoms with van der Waals surface area (Å²) in [4.78, 5) is 13.6. The Labute approximate surface area is 134 Å². The highest BCUT2D eigenvalue weighted by Gasteiger charge is 2.20. The average molecular weight is 309 g/mol. The third-order valence-corrected chi connectivity index (χ3v) is 4.30. The van der Waals surface area contributed by atoms with Gasteiger partial charge in [-0.05, 0) is 24.1 Å². The lowest BCUT2D eigenvalue weighted by Gasteiger charge is -2.36. The van der Waals surface area contributed by atoms with Crippen LogP contribution in [0.3, 0.4) is 0 Å². The largest absolute Gasteiger partial charge is 0.354 e. The van der Waals surface area contributed by atoms with Crippen LogP contribution in [0.1, 0.15) is 12.5 Å². The van der Waals surface area contributed by atoms with Crippen molar-refractivity contribution in [3.05, 3.63) is 42.5 Å². The Morgan fingerprint density at radius 2 is 1.74 bits per heavy atom. The molecule has 4 rings (SSSR count). The molecule has 3 aromatic rings.